The zero-order chi connectivity index (χ0) is 9.31. The summed E-state index contributed by atoms with van der Waals surface area (Å²) in [4.78, 5) is 11.5. The molecule has 2 rings (SSSR count). The van der Waals surface area contributed by atoms with Gasteiger partial charge >= 0.3 is 0 Å². The van der Waals surface area contributed by atoms with Crippen LogP contribution in [-0.4, -0.2) is 5.78 Å². The van der Waals surface area contributed by atoms with Gasteiger partial charge in [-0.1, -0.05) is 12.2 Å². The summed E-state index contributed by atoms with van der Waals surface area (Å²) >= 11 is 0. The Hall–Kier alpha value is -0.850. The second-order valence-electron chi connectivity index (χ2n) is 4.19. The maximum atomic E-state index is 11.5. The van der Waals surface area contributed by atoms with Gasteiger partial charge in [0, 0.05) is 6.42 Å². The highest BCUT2D eigenvalue weighted by Crippen LogP contribution is 2.51. The Bertz CT molecular complexity index is 275. The van der Waals surface area contributed by atoms with Crippen LogP contribution in [0.1, 0.15) is 38.5 Å². The first kappa shape index (κ1) is 8.74. The molecular weight excluding hydrogens is 160 g/mol. The van der Waals surface area contributed by atoms with E-state index in [1.807, 2.05) is 6.08 Å². The molecule has 0 radical (unpaired) electrons. The SMILES string of the molecule is C=CCCC12CCC=C1C(=O)CC2. The van der Waals surface area contributed by atoms with Gasteiger partial charge in [-0.25, -0.2) is 0 Å². The van der Waals surface area contributed by atoms with Gasteiger partial charge in [-0.2, -0.15) is 0 Å². The van der Waals surface area contributed by atoms with E-state index in [0.717, 1.165) is 37.7 Å². The summed E-state index contributed by atoms with van der Waals surface area (Å²) in [6.45, 7) is 3.75. The summed E-state index contributed by atoms with van der Waals surface area (Å²) in [5, 5.41) is 0. The van der Waals surface area contributed by atoms with Gasteiger partial charge in [0.2, 0.25) is 0 Å². The van der Waals surface area contributed by atoms with Crippen LogP contribution in [0.2, 0.25) is 0 Å². The Balaban J connectivity index is 2.17. The molecule has 0 spiro atoms. The van der Waals surface area contributed by atoms with Crippen molar-refractivity contribution in [1.29, 1.82) is 0 Å². The maximum absolute atomic E-state index is 11.5. The molecule has 1 fully saturated rings. The average Bonchev–Trinajstić information content (AvgIpc) is 2.65. The average molecular weight is 176 g/mol. The number of allylic oxidation sites excluding steroid dienone is 3. The predicted molar refractivity (Wildman–Crippen MR) is 53.4 cm³/mol. The molecule has 0 bridgehead atoms. The third-order valence-corrected chi connectivity index (χ3v) is 3.50. The largest absolute Gasteiger partial charge is 0.295 e. The molecule has 0 aromatic heterocycles. The Kier molecular flexibility index (Phi) is 2.10. The molecule has 1 atom stereocenters. The van der Waals surface area contributed by atoms with E-state index in [2.05, 4.69) is 12.7 Å². The number of hydrogen-bond acceptors (Lipinski definition) is 1. The van der Waals surface area contributed by atoms with Crippen molar-refractivity contribution in [2.75, 3.05) is 0 Å². The van der Waals surface area contributed by atoms with E-state index in [4.69, 9.17) is 0 Å². The maximum Gasteiger partial charge on any atom is 0.159 e. The first-order valence-electron chi connectivity index (χ1n) is 5.13. The minimum absolute atomic E-state index is 0.269. The van der Waals surface area contributed by atoms with E-state index in [-0.39, 0.29) is 5.41 Å². The van der Waals surface area contributed by atoms with Gasteiger partial charge in [-0.05, 0) is 43.1 Å². The number of ketones is 1. The van der Waals surface area contributed by atoms with Gasteiger partial charge < -0.3 is 0 Å². The lowest BCUT2D eigenvalue weighted by molar-refractivity contribution is -0.114. The fraction of sp³-hybridized carbons (Fsp3) is 0.583. The third-order valence-electron chi connectivity index (χ3n) is 3.50. The Morgan fingerprint density at radius 2 is 2.38 bits per heavy atom. The van der Waals surface area contributed by atoms with E-state index < -0.39 is 0 Å². The van der Waals surface area contributed by atoms with Crippen LogP contribution in [0.4, 0.5) is 0 Å². The molecule has 1 heteroatoms. The Labute approximate surface area is 79.5 Å². The van der Waals surface area contributed by atoms with Gasteiger partial charge in [0.15, 0.2) is 5.78 Å². The van der Waals surface area contributed by atoms with E-state index in [1.165, 1.54) is 6.42 Å². The molecular formula is C12H16O. The summed E-state index contributed by atoms with van der Waals surface area (Å²) in [5.41, 5.74) is 1.42. The summed E-state index contributed by atoms with van der Waals surface area (Å²) < 4.78 is 0. The minimum atomic E-state index is 0.269. The molecule has 0 N–H and O–H groups in total. The van der Waals surface area contributed by atoms with Crippen molar-refractivity contribution in [3.8, 4) is 0 Å². The topological polar surface area (TPSA) is 17.1 Å². The lowest BCUT2D eigenvalue weighted by Gasteiger charge is -2.24. The summed E-state index contributed by atoms with van der Waals surface area (Å²) in [5.74, 6) is 0.404. The molecule has 1 nitrogen and oxygen atoms in total. The molecule has 1 saturated carbocycles. The van der Waals surface area contributed by atoms with Crippen molar-refractivity contribution in [2.45, 2.75) is 38.5 Å². The molecule has 2 aliphatic carbocycles. The number of rotatable bonds is 3. The predicted octanol–water partition coefficient (Wildman–Crippen LogP) is 3.02. The third kappa shape index (κ3) is 1.27. The number of fused-ring (bicyclic) bond motifs is 1. The number of hydrogen-bond donors (Lipinski definition) is 0. The van der Waals surface area contributed by atoms with Crippen LogP contribution in [0, 0.1) is 5.41 Å². The van der Waals surface area contributed by atoms with Gasteiger partial charge in [0.1, 0.15) is 0 Å². The molecule has 70 valence electrons. The van der Waals surface area contributed by atoms with Crippen molar-refractivity contribution < 1.29 is 4.79 Å². The van der Waals surface area contributed by atoms with E-state index in [1.54, 1.807) is 0 Å². The first-order valence-corrected chi connectivity index (χ1v) is 5.13. The highest BCUT2D eigenvalue weighted by atomic mass is 16.1. The van der Waals surface area contributed by atoms with Crippen LogP contribution in [0.3, 0.4) is 0 Å². The van der Waals surface area contributed by atoms with E-state index in [0.29, 0.717) is 5.78 Å². The Morgan fingerprint density at radius 1 is 1.54 bits per heavy atom. The van der Waals surface area contributed by atoms with Crippen molar-refractivity contribution in [1.82, 2.24) is 0 Å². The van der Waals surface area contributed by atoms with Gasteiger partial charge in [0.25, 0.3) is 0 Å². The van der Waals surface area contributed by atoms with Gasteiger partial charge in [-0.3, -0.25) is 4.79 Å². The lowest BCUT2D eigenvalue weighted by atomic mass is 9.79. The summed E-state index contributed by atoms with van der Waals surface area (Å²) in [6.07, 6.45) is 10.5. The summed E-state index contributed by atoms with van der Waals surface area (Å²) in [7, 11) is 0. The van der Waals surface area contributed by atoms with Crippen LogP contribution in [0.25, 0.3) is 0 Å². The lowest BCUT2D eigenvalue weighted by Crippen LogP contribution is -2.15. The molecule has 13 heavy (non-hydrogen) atoms. The summed E-state index contributed by atoms with van der Waals surface area (Å²) in [6, 6.07) is 0. The standard InChI is InChI=1S/C12H16O/c1-2-3-7-12-8-4-5-10(12)11(13)6-9-12/h2,5H,1,3-4,6-9H2. The second-order valence-corrected chi connectivity index (χ2v) is 4.19. The quantitative estimate of drug-likeness (QED) is 0.604. The van der Waals surface area contributed by atoms with Crippen LogP contribution in [0.5, 0.6) is 0 Å². The number of Topliss-reactive ketones (excluding diaryl/α,β-unsaturated/α-hetero) is 1. The molecule has 0 aromatic rings. The minimum Gasteiger partial charge on any atom is -0.295 e. The van der Waals surface area contributed by atoms with Crippen LogP contribution < -0.4 is 0 Å². The van der Waals surface area contributed by atoms with Crippen molar-refractivity contribution >= 4 is 5.78 Å². The monoisotopic (exact) mass is 176 g/mol. The highest BCUT2D eigenvalue weighted by Gasteiger charge is 2.44. The van der Waals surface area contributed by atoms with Crippen LogP contribution in [0.15, 0.2) is 24.3 Å². The van der Waals surface area contributed by atoms with Crippen LogP contribution >= 0.6 is 0 Å². The first-order chi connectivity index (χ1) is 6.28. The van der Waals surface area contributed by atoms with E-state index in [9.17, 15) is 4.79 Å². The highest BCUT2D eigenvalue weighted by molar-refractivity contribution is 5.99. The number of carbonyl (C=O) groups excluding carboxylic acids is 1. The van der Waals surface area contributed by atoms with Crippen LogP contribution in [-0.2, 0) is 4.79 Å². The zero-order valence-electron chi connectivity index (χ0n) is 8.01. The molecule has 0 aromatic carbocycles. The molecule has 0 aliphatic heterocycles. The molecule has 0 saturated heterocycles. The van der Waals surface area contributed by atoms with E-state index >= 15 is 0 Å². The van der Waals surface area contributed by atoms with Crippen molar-refractivity contribution in [2.24, 2.45) is 5.41 Å². The smallest absolute Gasteiger partial charge is 0.159 e. The zero-order valence-corrected chi connectivity index (χ0v) is 8.01. The molecule has 0 amide bonds. The fourth-order valence-electron chi connectivity index (χ4n) is 2.76. The fourth-order valence-corrected chi connectivity index (χ4v) is 2.76. The molecule has 2 aliphatic rings. The second kappa shape index (κ2) is 3.13. The number of carbonyl (C=O) groups is 1. The molecule has 0 heterocycles. The van der Waals surface area contributed by atoms with Gasteiger partial charge in [-0.15, -0.1) is 6.58 Å². The Morgan fingerprint density at radius 3 is 3.15 bits per heavy atom. The van der Waals surface area contributed by atoms with Crippen molar-refractivity contribution in [3.63, 3.8) is 0 Å². The normalized spacial score (nSPS) is 31.7. The van der Waals surface area contributed by atoms with Crippen molar-refractivity contribution in [3.05, 3.63) is 24.3 Å². The van der Waals surface area contributed by atoms with Gasteiger partial charge in [0.05, 0.1) is 0 Å². The molecule has 1 unspecified atom stereocenters.